The van der Waals surface area contributed by atoms with Crippen LogP contribution in [0.2, 0.25) is 0 Å². The second-order valence-corrected chi connectivity index (χ2v) is 5.51. The average molecular weight is 308 g/mol. The Balaban J connectivity index is 1.89. The molecule has 0 unspecified atom stereocenters. The van der Waals surface area contributed by atoms with Gasteiger partial charge in [0.15, 0.2) is 0 Å². The van der Waals surface area contributed by atoms with Crippen LogP contribution in [0.15, 0.2) is 18.2 Å². The predicted molar refractivity (Wildman–Crippen MR) is 75.2 cm³/mol. The Morgan fingerprint density at radius 1 is 1.45 bits per heavy atom. The minimum Gasteiger partial charge on any atom is -0.485 e. The number of carbonyl (C=O) groups excluding carboxylic acids is 2. The molecule has 3 rings (SSSR count). The van der Waals surface area contributed by atoms with Gasteiger partial charge in [0.1, 0.15) is 24.3 Å². The van der Waals surface area contributed by atoms with Crippen molar-refractivity contribution in [2.24, 2.45) is 0 Å². The van der Waals surface area contributed by atoms with E-state index in [1.807, 2.05) is 0 Å². The second-order valence-electron chi connectivity index (χ2n) is 5.51. The summed E-state index contributed by atoms with van der Waals surface area (Å²) in [5.74, 6) is -0.619. The van der Waals surface area contributed by atoms with E-state index in [1.54, 1.807) is 16.8 Å². The van der Waals surface area contributed by atoms with Crippen LogP contribution in [0.4, 0.5) is 4.39 Å². The summed E-state index contributed by atoms with van der Waals surface area (Å²) in [5.41, 5.74) is 0.341. The first kappa shape index (κ1) is 14.8. The first-order chi connectivity index (χ1) is 10.5. The van der Waals surface area contributed by atoms with Crippen molar-refractivity contribution in [3.63, 3.8) is 0 Å². The van der Waals surface area contributed by atoms with Gasteiger partial charge in [-0.05, 0) is 12.1 Å². The molecule has 7 heteroatoms. The molecule has 0 saturated carbocycles. The highest BCUT2D eigenvalue weighted by molar-refractivity contribution is 5.97. The van der Waals surface area contributed by atoms with Gasteiger partial charge >= 0.3 is 0 Å². The molecule has 2 heterocycles. The monoisotopic (exact) mass is 308 g/mol. The third-order valence-electron chi connectivity index (χ3n) is 4.13. The van der Waals surface area contributed by atoms with Crippen LogP contribution in [0, 0.1) is 5.82 Å². The summed E-state index contributed by atoms with van der Waals surface area (Å²) in [7, 11) is 3.13. The maximum Gasteiger partial charge on any atom is 0.257 e. The van der Waals surface area contributed by atoms with Gasteiger partial charge in [-0.25, -0.2) is 4.39 Å². The Labute approximate surface area is 127 Å². The molecule has 2 atom stereocenters. The second kappa shape index (κ2) is 5.57. The van der Waals surface area contributed by atoms with Gasteiger partial charge in [-0.15, -0.1) is 0 Å². The lowest BCUT2D eigenvalue weighted by Crippen LogP contribution is -2.44. The molecule has 1 aromatic carbocycles. The number of fused-ring (bicyclic) bond motifs is 2. The topological polar surface area (TPSA) is 59.1 Å². The van der Waals surface area contributed by atoms with Crippen LogP contribution < -0.4 is 4.74 Å². The predicted octanol–water partition coefficient (Wildman–Crippen LogP) is 0.516. The Morgan fingerprint density at radius 3 is 2.95 bits per heavy atom. The van der Waals surface area contributed by atoms with Crippen LogP contribution in [0.1, 0.15) is 10.4 Å². The smallest absolute Gasteiger partial charge is 0.257 e. The fraction of sp³-hybridized carbons (Fsp3) is 0.467. The summed E-state index contributed by atoms with van der Waals surface area (Å²) in [6.45, 7) is 0.717. The van der Waals surface area contributed by atoms with Crippen molar-refractivity contribution in [3.05, 3.63) is 29.6 Å². The molecule has 2 amide bonds. The lowest BCUT2D eigenvalue weighted by atomic mass is 10.1. The number of likely N-dealkylation sites (tertiary alicyclic amines) is 1. The molecule has 118 valence electrons. The van der Waals surface area contributed by atoms with E-state index in [0.717, 1.165) is 0 Å². The minimum absolute atomic E-state index is 0.0116. The number of hydrogen-bond acceptors (Lipinski definition) is 4. The molecule has 22 heavy (non-hydrogen) atoms. The minimum atomic E-state index is -0.460. The van der Waals surface area contributed by atoms with E-state index in [9.17, 15) is 14.0 Å². The Bertz CT molecular complexity index is 622. The van der Waals surface area contributed by atoms with Crippen molar-refractivity contribution in [2.75, 3.05) is 33.9 Å². The molecule has 1 aromatic rings. The highest BCUT2D eigenvalue weighted by atomic mass is 19.1. The summed E-state index contributed by atoms with van der Waals surface area (Å²) >= 11 is 0. The van der Waals surface area contributed by atoms with Gasteiger partial charge in [0, 0.05) is 26.8 Å². The summed E-state index contributed by atoms with van der Waals surface area (Å²) in [4.78, 5) is 27.6. The average Bonchev–Trinajstić information content (AvgIpc) is 2.86. The molecule has 2 aliphatic heterocycles. The number of ether oxygens (including phenoxy) is 2. The Kier molecular flexibility index (Phi) is 3.74. The van der Waals surface area contributed by atoms with Gasteiger partial charge in [0.05, 0.1) is 18.2 Å². The first-order valence-corrected chi connectivity index (χ1v) is 7.01. The van der Waals surface area contributed by atoms with Gasteiger partial charge < -0.3 is 19.3 Å². The zero-order valence-electron chi connectivity index (χ0n) is 12.4. The van der Waals surface area contributed by atoms with Crippen molar-refractivity contribution in [2.45, 2.75) is 12.1 Å². The van der Waals surface area contributed by atoms with Crippen LogP contribution in [-0.2, 0) is 9.53 Å². The highest BCUT2D eigenvalue weighted by Crippen LogP contribution is 2.31. The van der Waals surface area contributed by atoms with Crippen LogP contribution in [-0.4, -0.2) is 67.6 Å². The number of likely N-dealkylation sites (N-methyl/N-ethyl adjacent to an activating group) is 1. The van der Waals surface area contributed by atoms with E-state index in [0.29, 0.717) is 18.7 Å². The molecule has 0 aromatic heterocycles. The number of hydrogen-bond donors (Lipinski definition) is 0. The Morgan fingerprint density at radius 2 is 2.23 bits per heavy atom. The molecule has 0 spiro atoms. The number of halogens is 1. The first-order valence-electron chi connectivity index (χ1n) is 7.01. The zero-order valence-corrected chi connectivity index (χ0v) is 12.4. The van der Waals surface area contributed by atoms with E-state index in [1.165, 1.54) is 25.3 Å². The van der Waals surface area contributed by atoms with E-state index in [4.69, 9.17) is 9.47 Å². The molecular weight excluding hydrogens is 291 g/mol. The molecule has 0 bridgehead atoms. The summed E-state index contributed by atoms with van der Waals surface area (Å²) in [6.07, 6.45) is -0.377. The molecule has 2 aliphatic rings. The fourth-order valence-corrected chi connectivity index (χ4v) is 2.94. The maximum absolute atomic E-state index is 13.4. The van der Waals surface area contributed by atoms with Gasteiger partial charge in [0.25, 0.3) is 5.91 Å². The Hall–Kier alpha value is -2.15. The number of benzene rings is 1. The van der Waals surface area contributed by atoms with Crippen LogP contribution in [0.3, 0.4) is 0 Å². The van der Waals surface area contributed by atoms with Crippen LogP contribution >= 0.6 is 0 Å². The van der Waals surface area contributed by atoms with Crippen molar-refractivity contribution in [3.8, 4) is 5.75 Å². The standard InChI is InChI=1S/C15H17FN2O4/c1-17-11-6-18(14(19)8-21-2)7-13(11)22-12-5-9(16)3-4-10(12)15(17)20/h3-5,11,13H,6-8H2,1-2H3/t11-,13+/m1/s1. The fourth-order valence-electron chi connectivity index (χ4n) is 2.94. The van der Waals surface area contributed by atoms with E-state index < -0.39 is 5.82 Å². The van der Waals surface area contributed by atoms with Gasteiger partial charge in [0.2, 0.25) is 5.91 Å². The molecule has 1 saturated heterocycles. The number of carbonyl (C=O) groups is 2. The van der Waals surface area contributed by atoms with Gasteiger partial charge in [-0.2, -0.15) is 0 Å². The van der Waals surface area contributed by atoms with E-state index in [2.05, 4.69) is 0 Å². The molecule has 1 fully saturated rings. The largest absolute Gasteiger partial charge is 0.485 e. The summed E-state index contributed by atoms with van der Waals surface area (Å²) < 4.78 is 24.1. The van der Waals surface area contributed by atoms with Crippen molar-refractivity contribution >= 4 is 11.8 Å². The van der Waals surface area contributed by atoms with E-state index >= 15 is 0 Å². The molecule has 6 nitrogen and oxygen atoms in total. The zero-order chi connectivity index (χ0) is 15.9. The maximum atomic E-state index is 13.4. The number of nitrogens with zero attached hydrogens (tertiary/aromatic N) is 2. The quantitative estimate of drug-likeness (QED) is 0.799. The van der Waals surface area contributed by atoms with Crippen molar-refractivity contribution < 1.29 is 23.5 Å². The summed E-state index contributed by atoms with van der Waals surface area (Å²) in [6, 6.07) is 3.62. The lowest BCUT2D eigenvalue weighted by Gasteiger charge is -2.24. The normalized spacial score (nSPS) is 23.7. The van der Waals surface area contributed by atoms with Crippen molar-refractivity contribution in [1.29, 1.82) is 0 Å². The molecular formula is C15H17FN2O4. The van der Waals surface area contributed by atoms with Crippen molar-refractivity contribution in [1.82, 2.24) is 9.80 Å². The molecule has 0 radical (unpaired) electrons. The number of rotatable bonds is 2. The lowest BCUT2D eigenvalue weighted by molar-refractivity contribution is -0.134. The van der Waals surface area contributed by atoms with Crippen LogP contribution in [0.25, 0.3) is 0 Å². The number of amides is 2. The molecule has 0 aliphatic carbocycles. The SMILES string of the molecule is COCC(=O)N1C[C@@H]2Oc3cc(F)ccc3C(=O)N(C)[C@@H]2C1. The van der Waals surface area contributed by atoms with E-state index in [-0.39, 0.29) is 36.3 Å². The van der Waals surface area contributed by atoms with Crippen LogP contribution in [0.5, 0.6) is 5.75 Å². The highest BCUT2D eigenvalue weighted by Gasteiger charge is 2.43. The van der Waals surface area contributed by atoms with Gasteiger partial charge in [-0.1, -0.05) is 0 Å². The number of methoxy groups -OCH3 is 1. The summed E-state index contributed by atoms with van der Waals surface area (Å²) in [5, 5.41) is 0. The van der Waals surface area contributed by atoms with Gasteiger partial charge in [-0.3, -0.25) is 9.59 Å². The third-order valence-corrected chi connectivity index (χ3v) is 4.13. The molecule has 0 N–H and O–H groups in total. The third kappa shape index (κ3) is 2.41.